The second-order valence-corrected chi connectivity index (χ2v) is 6.05. The largest absolute Gasteiger partial charge is 0.217 e. The Hall–Kier alpha value is -0.230. The van der Waals surface area contributed by atoms with Crippen LogP contribution in [0.15, 0.2) is 5.16 Å². The highest BCUT2D eigenvalue weighted by atomic mass is 32.2. The Balaban J connectivity index is 1.98. The third-order valence-corrected chi connectivity index (χ3v) is 5.65. The molecule has 1 aliphatic carbocycles. The van der Waals surface area contributed by atoms with E-state index in [0.29, 0.717) is 11.5 Å². The Morgan fingerprint density at radius 2 is 2.12 bits per heavy atom. The molecule has 0 saturated heterocycles. The fraction of sp³-hybridized carbons (Fsp3) is 0.909. The predicted octanol–water partition coefficient (Wildman–Crippen LogP) is 2.84. The standard InChI is InChI=1S/C11H20N4S2/c1-3-11(4-2,7-16)8-17-10-12-13-14-15(10)9-5-6-9/h9,16H,3-8H2,1-2H3. The highest BCUT2D eigenvalue weighted by molar-refractivity contribution is 7.99. The number of thiol groups is 1. The van der Waals surface area contributed by atoms with Crippen LogP contribution in [0.1, 0.15) is 45.6 Å². The molecule has 1 aliphatic rings. The summed E-state index contributed by atoms with van der Waals surface area (Å²) in [6.45, 7) is 4.48. The molecule has 0 aliphatic heterocycles. The van der Waals surface area contributed by atoms with E-state index in [0.717, 1.165) is 29.5 Å². The average Bonchev–Trinajstić information content (AvgIpc) is 3.11. The zero-order valence-corrected chi connectivity index (χ0v) is 12.2. The average molecular weight is 272 g/mol. The van der Waals surface area contributed by atoms with Crippen molar-refractivity contribution in [2.75, 3.05) is 11.5 Å². The molecule has 1 saturated carbocycles. The first-order valence-corrected chi connectivity index (χ1v) is 7.88. The summed E-state index contributed by atoms with van der Waals surface area (Å²) in [5, 5.41) is 13.0. The van der Waals surface area contributed by atoms with Crippen molar-refractivity contribution < 1.29 is 0 Å². The van der Waals surface area contributed by atoms with Gasteiger partial charge in [0, 0.05) is 5.75 Å². The molecule has 0 atom stereocenters. The number of tetrazole rings is 1. The number of hydrogen-bond donors (Lipinski definition) is 1. The number of aromatic nitrogens is 4. The highest BCUT2D eigenvalue weighted by Gasteiger charge is 2.30. The van der Waals surface area contributed by atoms with Gasteiger partial charge in [0.25, 0.3) is 0 Å². The van der Waals surface area contributed by atoms with E-state index in [-0.39, 0.29) is 0 Å². The molecule has 0 radical (unpaired) electrons. The smallest absolute Gasteiger partial charge is 0.209 e. The molecule has 17 heavy (non-hydrogen) atoms. The van der Waals surface area contributed by atoms with Gasteiger partial charge in [-0.05, 0) is 47.3 Å². The van der Waals surface area contributed by atoms with Crippen molar-refractivity contribution >= 4 is 24.4 Å². The summed E-state index contributed by atoms with van der Waals surface area (Å²) in [4.78, 5) is 0. The number of hydrogen-bond acceptors (Lipinski definition) is 5. The second kappa shape index (κ2) is 5.61. The molecule has 6 heteroatoms. The summed E-state index contributed by atoms with van der Waals surface area (Å²) >= 11 is 6.28. The fourth-order valence-electron chi connectivity index (χ4n) is 1.77. The van der Waals surface area contributed by atoms with Crippen molar-refractivity contribution in [1.82, 2.24) is 20.2 Å². The number of thioether (sulfide) groups is 1. The summed E-state index contributed by atoms with van der Waals surface area (Å²) in [5.41, 5.74) is 0.314. The molecule has 0 N–H and O–H groups in total. The first kappa shape index (κ1) is 13.2. The van der Waals surface area contributed by atoms with E-state index in [4.69, 9.17) is 0 Å². The molecule has 0 unspecified atom stereocenters. The maximum Gasteiger partial charge on any atom is 0.209 e. The van der Waals surface area contributed by atoms with Gasteiger partial charge in [-0.2, -0.15) is 12.6 Å². The van der Waals surface area contributed by atoms with Crippen LogP contribution in [0.5, 0.6) is 0 Å². The quantitative estimate of drug-likeness (QED) is 0.612. The van der Waals surface area contributed by atoms with Crippen LogP contribution in [0.2, 0.25) is 0 Å². The van der Waals surface area contributed by atoms with Gasteiger partial charge in [-0.1, -0.05) is 25.6 Å². The van der Waals surface area contributed by atoms with E-state index in [1.807, 2.05) is 4.68 Å². The Morgan fingerprint density at radius 1 is 1.41 bits per heavy atom. The maximum atomic E-state index is 4.50. The summed E-state index contributed by atoms with van der Waals surface area (Å²) < 4.78 is 1.99. The normalized spacial score (nSPS) is 16.4. The molecule has 1 aromatic rings. The molecule has 4 nitrogen and oxygen atoms in total. The molecule has 0 amide bonds. The molecular formula is C11H20N4S2. The molecule has 0 bridgehead atoms. The van der Waals surface area contributed by atoms with Crippen LogP contribution in [0, 0.1) is 5.41 Å². The Morgan fingerprint density at radius 3 is 2.65 bits per heavy atom. The van der Waals surface area contributed by atoms with Crippen LogP contribution in [-0.4, -0.2) is 31.7 Å². The van der Waals surface area contributed by atoms with Gasteiger partial charge in [0.2, 0.25) is 5.16 Å². The minimum absolute atomic E-state index is 0.314. The molecular weight excluding hydrogens is 252 g/mol. The van der Waals surface area contributed by atoms with Crippen molar-refractivity contribution in [2.45, 2.75) is 50.7 Å². The summed E-state index contributed by atoms with van der Waals surface area (Å²) in [6.07, 6.45) is 4.76. The molecule has 2 rings (SSSR count). The van der Waals surface area contributed by atoms with Crippen molar-refractivity contribution in [3.8, 4) is 0 Å². The van der Waals surface area contributed by atoms with Crippen molar-refractivity contribution in [1.29, 1.82) is 0 Å². The lowest BCUT2D eigenvalue weighted by molar-refractivity contribution is 0.357. The predicted molar refractivity (Wildman–Crippen MR) is 73.7 cm³/mol. The van der Waals surface area contributed by atoms with E-state index < -0.39 is 0 Å². The summed E-state index contributed by atoms with van der Waals surface area (Å²) in [5.74, 6) is 1.98. The Labute approximate surface area is 112 Å². The van der Waals surface area contributed by atoms with Gasteiger partial charge in [-0.25, -0.2) is 4.68 Å². The van der Waals surface area contributed by atoms with Gasteiger partial charge in [-0.3, -0.25) is 0 Å². The van der Waals surface area contributed by atoms with Crippen LogP contribution in [0.3, 0.4) is 0 Å². The minimum atomic E-state index is 0.314. The van der Waals surface area contributed by atoms with Gasteiger partial charge in [0.1, 0.15) is 0 Å². The third kappa shape index (κ3) is 2.96. The Bertz CT molecular complexity index is 350. The first-order chi connectivity index (χ1) is 8.24. The van der Waals surface area contributed by atoms with Crippen LogP contribution < -0.4 is 0 Å². The molecule has 1 aromatic heterocycles. The van der Waals surface area contributed by atoms with Crippen molar-refractivity contribution in [3.63, 3.8) is 0 Å². The molecule has 96 valence electrons. The monoisotopic (exact) mass is 272 g/mol. The molecule has 1 fully saturated rings. The summed E-state index contributed by atoms with van der Waals surface area (Å²) in [7, 11) is 0. The lowest BCUT2D eigenvalue weighted by Gasteiger charge is -2.28. The number of nitrogens with zero attached hydrogens (tertiary/aromatic N) is 4. The lowest BCUT2D eigenvalue weighted by Crippen LogP contribution is -2.24. The summed E-state index contributed by atoms with van der Waals surface area (Å²) in [6, 6.07) is 0.557. The van der Waals surface area contributed by atoms with Crippen LogP contribution in [0.25, 0.3) is 0 Å². The second-order valence-electron chi connectivity index (χ2n) is 4.79. The van der Waals surface area contributed by atoms with Gasteiger partial charge in [0.05, 0.1) is 6.04 Å². The minimum Gasteiger partial charge on any atom is -0.217 e. The first-order valence-electron chi connectivity index (χ1n) is 6.26. The van der Waals surface area contributed by atoms with E-state index in [1.54, 1.807) is 11.8 Å². The topological polar surface area (TPSA) is 43.6 Å². The van der Waals surface area contributed by atoms with E-state index in [9.17, 15) is 0 Å². The molecule has 0 spiro atoms. The van der Waals surface area contributed by atoms with Crippen molar-refractivity contribution in [2.24, 2.45) is 5.41 Å². The molecule has 1 heterocycles. The third-order valence-electron chi connectivity index (χ3n) is 3.70. The van der Waals surface area contributed by atoms with E-state index in [2.05, 4.69) is 42.0 Å². The lowest BCUT2D eigenvalue weighted by atomic mass is 9.87. The SMILES string of the molecule is CCC(CC)(CS)CSc1nnnn1C1CC1. The van der Waals surface area contributed by atoms with Gasteiger partial charge in [-0.15, -0.1) is 5.10 Å². The number of rotatable bonds is 7. The zero-order chi connectivity index (χ0) is 12.3. The fourth-order valence-corrected chi connectivity index (χ4v) is 3.84. The van der Waals surface area contributed by atoms with Crippen LogP contribution in [-0.2, 0) is 0 Å². The van der Waals surface area contributed by atoms with E-state index in [1.165, 1.54) is 12.8 Å². The highest BCUT2D eigenvalue weighted by Crippen LogP contribution is 2.39. The van der Waals surface area contributed by atoms with E-state index >= 15 is 0 Å². The van der Waals surface area contributed by atoms with Crippen LogP contribution in [0.4, 0.5) is 0 Å². The van der Waals surface area contributed by atoms with Gasteiger partial charge < -0.3 is 0 Å². The van der Waals surface area contributed by atoms with Crippen LogP contribution >= 0.6 is 24.4 Å². The van der Waals surface area contributed by atoms with Gasteiger partial charge >= 0.3 is 0 Å². The molecule has 0 aromatic carbocycles. The Kier molecular flexibility index (Phi) is 4.36. The van der Waals surface area contributed by atoms with Gasteiger partial charge in [0.15, 0.2) is 0 Å². The van der Waals surface area contributed by atoms with Crippen molar-refractivity contribution in [3.05, 3.63) is 0 Å². The zero-order valence-electron chi connectivity index (χ0n) is 10.5. The maximum absolute atomic E-state index is 4.50.